The minimum atomic E-state index is 0. The lowest BCUT2D eigenvalue weighted by atomic mass is 10.2. The fraction of sp³-hybridized carbons (Fsp3) is 0.286. The molecule has 2 heterocycles. The summed E-state index contributed by atoms with van der Waals surface area (Å²) in [6.07, 6.45) is 1.69. The second-order valence-electron chi connectivity index (χ2n) is 4.94. The van der Waals surface area contributed by atoms with E-state index in [9.17, 15) is 0 Å². The summed E-state index contributed by atoms with van der Waals surface area (Å²) in [4.78, 5) is 16.2. The fourth-order valence-electron chi connectivity index (χ4n) is 2.34. The van der Waals surface area contributed by atoms with E-state index in [0.29, 0.717) is 6.61 Å². The van der Waals surface area contributed by atoms with Crippen molar-refractivity contribution in [2.45, 2.75) is 6.61 Å². The molecule has 1 unspecified atom stereocenters. The zero-order valence-electron chi connectivity index (χ0n) is 12.0. The van der Waals surface area contributed by atoms with Crippen molar-refractivity contribution >= 4 is 11.7 Å². The van der Waals surface area contributed by atoms with Gasteiger partial charge in [-0.2, -0.15) is 0 Å². The number of nitrogens with one attached hydrogen (secondary N) is 2. The number of halogens is 1. The van der Waals surface area contributed by atoms with Crippen LogP contribution in [0.4, 0.5) is 5.82 Å². The molecule has 0 radical (unpaired) electrons. The van der Waals surface area contributed by atoms with E-state index < -0.39 is 0 Å². The third-order valence-electron chi connectivity index (χ3n) is 3.33. The lowest BCUT2D eigenvalue weighted by Gasteiger charge is -2.27. The van der Waals surface area contributed by atoms with Crippen molar-refractivity contribution in [1.82, 2.24) is 9.97 Å². The summed E-state index contributed by atoms with van der Waals surface area (Å²) >= 11 is 0. The molecule has 0 aliphatic carbocycles. The van der Waals surface area contributed by atoms with Gasteiger partial charge in [0.25, 0.3) is 5.84 Å². The molecule has 7 heteroatoms. The van der Waals surface area contributed by atoms with Crippen LogP contribution in [0.3, 0.4) is 0 Å². The van der Waals surface area contributed by atoms with E-state index in [4.69, 9.17) is 4.84 Å². The molecule has 2 N–H and O–H groups in total. The molecule has 0 bridgehead atoms. The molecule has 0 amide bonds. The number of nitrogens with zero attached hydrogens (tertiary/aromatic N) is 3. The third-order valence-corrected chi connectivity index (χ3v) is 3.33. The van der Waals surface area contributed by atoms with Crippen molar-refractivity contribution in [3.8, 4) is 0 Å². The molecule has 6 nitrogen and oxygen atoms in total. The Kier molecular flexibility index (Phi) is 4.82. The number of oxime groups is 1. The minimum absolute atomic E-state index is 0. The summed E-state index contributed by atoms with van der Waals surface area (Å²) in [5.41, 5.74) is 2.02. The van der Waals surface area contributed by atoms with Crippen molar-refractivity contribution < 1.29 is 22.1 Å². The number of amidine groups is 1. The zero-order valence-corrected chi connectivity index (χ0v) is 12.8. The molecular weight excluding hydrogens is 290 g/mol. The van der Waals surface area contributed by atoms with Gasteiger partial charge in [-0.25, -0.2) is 4.98 Å². The fourth-order valence-corrected chi connectivity index (χ4v) is 2.34. The summed E-state index contributed by atoms with van der Waals surface area (Å²) < 4.78 is 0. The van der Waals surface area contributed by atoms with Crippen LogP contribution in [0.2, 0.25) is 0 Å². The Balaban J connectivity index is 0.00000161. The van der Waals surface area contributed by atoms with E-state index in [1.807, 2.05) is 37.4 Å². The number of quaternary nitrogens is 1. The molecule has 3 rings (SSSR count). The quantitative estimate of drug-likeness (QED) is 0.603. The van der Waals surface area contributed by atoms with Crippen molar-refractivity contribution in [3.63, 3.8) is 0 Å². The zero-order chi connectivity index (χ0) is 13.9. The molecule has 0 saturated heterocycles. The minimum Gasteiger partial charge on any atom is -1.00 e. The van der Waals surface area contributed by atoms with Gasteiger partial charge in [0.2, 0.25) is 0 Å². The Bertz CT molecular complexity index is 613. The van der Waals surface area contributed by atoms with Crippen LogP contribution in [0.1, 0.15) is 11.3 Å². The number of hydrogen-bond acceptors (Lipinski definition) is 4. The molecule has 0 spiro atoms. The molecule has 1 aromatic carbocycles. The van der Waals surface area contributed by atoms with Gasteiger partial charge in [0.1, 0.15) is 6.61 Å². The van der Waals surface area contributed by atoms with Crippen LogP contribution in [-0.4, -0.2) is 36.6 Å². The van der Waals surface area contributed by atoms with Gasteiger partial charge in [-0.1, -0.05) is 30.3 Å². The summed E-state index contributed by atoms with van der Waals surface area (Å²) in [7, 11) is 4.08. The number of imidazole rings is 1. The molecule has 0 fully saturated rings. The van der Waals surface area contributed by atoms with Gasteiger partial charge in [-0.15, -0.1) is 0 Å². The van der Waals surface area contributed by atoms with Crippen LogP contribution in [0.25, 0.3) is 0 Å². The van der Waals surface area contributed by atoms with Gasteiger partial charge in [0, 0.05) is 7.05 Å². The van der Waals surface area contributed by atoms with Crippen molar-refractivity contribution in [2.75, 3.05) is 25.7 Å². The molecule has 1 aliphatic rings. The predicted octanol–water partition coefficient (Wildman–Crippen LogP) is -2.79. The third kappa shape index (κ3) is 3.17. The van der Waals surface area contributed by atoms with E-state index in [0.717, 1.165) is 34.5 Å². The van der Waals surface area contributed by atoms with E-state index in [1.54, 1.807) is 6.33 Å². The maximum absolute atomic E-state index is 5.49. The molecule has 1 atom stereocenters. The number of benzene rings is 1. The highest BCUT2D eigenvalue weighted by Crippen LogP contribution is 2.15. The maximum atomic E-state index is 5.49. The number of aromatic nitrogens is 2. The monoisotopic (exact) mass is 307 g/mol. The number of hydrogen-bond donors (Lipinski definition) is 2. The summed E-state index contributed by atoms with van der Waals surface area (Å²) in [6.45, 7) is 1.28. The van der Waals surface area contributed by atoms with E-state index in [-0.39, 0.29) is 12.4 Å². The Morgan fingerprint density at radius 3 is 2.90 bits per heavy atom. The van der Waals surface area contributed by atoms with Gasteiger partial charge in [0.05, 0.1) is 13.4 Å². The van der Waals surface area contributed by atoms with Gasteiger partial charge < -0.3 is 27.1 Å². The van der Waals surface area contributed by atoms with E-state index in [1.165, 1.54) is 0 Å². The molecule has 21 heavy (non-hydrogen) atoms. The largest absolute Gasteiger partial charge is 1.00 e. The Morgan fingerprint density at radius 2 is 2.14 bits per heavy atom. The maximum Gasteiger partial charge on any atom is 0.289 e. The van der Waals surface area contributed by atoms with Crippen LogP contribution in [0.15, 0.2) is 41.8 Å². The van der Waals surface area contributed by atoms with E-state index >= 15 is 0 Å². The first kappa shape index (κ1) is 15.3. The van der Waals surface area contributed by atoms with Crippen LogP contribution >= 0.6 is 0 Å². The smallest absolute Gasteiger partial charge is 0.289 e. The Morgan fingerprint density at radius 1 is 1.38 bits per heavy atom. The Hall–Kier alpha value is -2.05. The summed E-state index contributed by atoms with van der Waals surface area (Å²) in [5, 5.41) is 4.29. The summed E-state index contributed by atoms with van der Waals surface area (Å²) in [5.74, 6) is 1.77. The van der Waals surface area contributed by atoms with E-state index in [2.05, 4.69) is 27.1 Å². The van der Waals surface area contributed by atoms with Crippen LogP contribution in [0, 0.1) is 0 Å². The first-order valence-electron chi connectivity index (χ1n) is 6.57. The highest BCUT2D eigenvalue weighted by atomic mass is 35.5. The topological polar surface area (TPSA) is 58.0 Å². The van der Waals surface area contributed by atoms with Crippen molar-refractivity contribution in [1.29, 1.82) is 0 Å². The van der Waals surface area contributed by atoms with Gasteiger partial charge in [-0.3, -0.25) is 4.90 Å². The van der Waals surface area contributed by atoms with Crippen molar-refractivity contribution in [2.24, 2.45) is 5.16 Å². The number of fused-ring (bicyclic) bond motifs is 1. The molecule has 112 valence electrons. The average molecular weight is 308 g/mol. The molecule has 1 aromatic heterocycles. The van der Waals surface area contributed by atoms with Gasteiger partial charge in [0.15, 0.2) is 18.2 Å². The number of aromatic amines is 1. The molecule has 1 aliphatic heterocycles. The molecule has 2 aromatic rings. The first-order chi connectivity index (χ1) is 9.75. The normalized spacial score (nSPS) is 19.0. The first-order valence-corrected chi connectivity index (χ1v) is 6.57. The number of anilines is 1. The van der Waals surface area contributed by atoms with Gasteiger partial charge in [-0.05, 0) is 10.7 Å². The lowest BCUT2D eigenvalue weighted by molar-refractivity contribution is -0.783. The highest BCUT2D eigenvalue weighted by molar-refractivity contribution is 5.95. The van der Waals surface area contributed by atoms with Crippen LogP contribution in [0.5, 0.6) is 0 Å². The Labute approximate surface area is 129 Å². The number of H-pyrrole nitrogens is 1. The van der Waals surface area contributed by atoms with Crippen molar-refractivity contribution in [3.05, 3.63) is 47.9 Å². The highest BCUT2D eigenvalue weighted by Gasteiger charge is 2.31. The predicted molar refractivity (Wildman–Crippen MR) is 76.5 cm³/mol. The number of rotatable bonds is 3. The van der Waals surface area contributed by atoms with Crippen LogP contribution < -0.4 is 22.2 Å². The summed E-state index contributed by atoms with van der Waals surface area (Å²) in [6, 6.07) is 10.0. The standard InChI is InChI=1S/C14H17N5O.ClH/c1-18-10-19(2)14(12-13(18)16-9-15-12)17-20-8-11-6-4-3-5-7-11;/h3-7,9H,8,10H2,1-2H3,(H,15,16);1H. The second kappa shape index (κ2) is 6.60. The lowest BCUT2D eigenvalue weighted by Crippen LogP contribution is -3.14. The van der Waals surface area contributed by atoms with Crippen LogP contribution in [-0.2, 0) is 11.4 Å². The SMILES string of the molecule is CN1C[NH+](C)C(=NOCc2ccccc2)c2[nH]cnc21.[Cl-]. The average Bonchev–Trinajstić information content (AvgIpc) is 2.93. The molecule has 0 saturated carbocycles. The molecular formula is C14H18ClN5O. The van der Waals surface area contributed by atoms with Gasteiger partial charge >= 0.3 is 0 Å². The second-order valence-corrected chi connectivity index (χ2v) is 4.94.